The van der Waals surface area contributed by atoms with Crippen molar-refractivity contribution in [3.05, 3.63) is 35.1 Å². The summed E-state index contributed by atoms with van der Waals surface area (Å²) in [7, 11) is 0. The van der Waals surface area contributed by atoms with Gasteiger partial charge in [0.25, 0.3) is 0 Å². The molecule has 2 rings (SSSR count). The van der Waals surface area contributed by atoms with Gasteiger partial charge in [0.05, 0.1) is 17.3 Å². The van der Waals surface area contributed by atoms with Gasteiger partial charge >= 0.3 is 0 Å². The molecule has 0 unspecified atom stereocenters. The van der Waals surface area contributed by atoms with Crippen molar-refractivity contribution in [2.24, 2.45) is 0 Å². The number of fused-ring (bicyclic) bond motifs is 1. The summed E-state index contributed by atoms with van der Waals surface area (Å²) in [6.07, 6.45) is 3.28. The fourth-order valence-corrected chi connectivity index (χ4v) is 1.39. The van der Waals surface area contributed by atoms with Crippen molar-refractivity contribution in [1.29, 1.82) is 0 Å². The standard InChI is InChI=1S/C9H7ClN2O/c1-6(13)8-5-11-12-3-2-7(10)4-9(8)12/h2-5H,1H3. The Morgan fingerprint density at radius 3 is 3.08 bits per heavy atom. The van der Waals surface area contributed by atoms with Crippen LogP contribution in [-0.2, 0) is 0 Å². The maximum Gasteiger partial charge on any atom is 0.163 e. The monoisotopic (exact) mass is 194 g/mol. The van der Waals surface area contributed by atoms with Crippen molar-refractivity contribution in [3.63, 3.8) is 0 Å². The summed E-state index contributed by atoms with van der Waals surface area (Å²) in [6.45, 7) is 1.51. The van der Waals surface area contributed by atoms with E-state index in [1.807, 2.05) is 0 Å². The molecular weight excluding hydrogens is 188 g/mol. The lowest BCUT2D eigenvalue weighted by Gasteiger charge is -1.94. The smallest absolute Gasteiger partial charge is 0.163 e. The van der Waals surface area contributed by atoms with Crippen LogP contribution in [0.5, 0.6) is 0 Å². The Morgan fingerprint density at radius 1 is 1.62 bits per heavy atom. The molecule has 0 saturated carbocycles. The van der Waals surface area contributed by atoms with Gasteiger partial charge in [-0.3, -0.25) is 4.79 Å². The zero-order valence-electron chi connectivity index (χ0n) is 6.99. The minimum Gasteiger partial charge on any atom is -0.294 e. The Hall–Kier alpha value is -1.35. The van der Waals surface area contributed by atoms with Crippen LogP contribution in [0.3, 0.4) is 0 Å². The number of rotatable bonds is 1. The Balaban J connectivity index is 2.79. The van der Waals surface area contributed by atoms with Gasteiger partial charge in [0.15, 0.2) is 5.78 Å². The van der Waals surface area contributed by atoms with Crippen molar-refractivity contribution in [2.75, 3.05) is 0 Å². The molecule has 0 fully saturated rings. The molecule has 0 radical (unpaired) electrons. The lowest BCUT2D eigenvalue weighted by Crippen LogP contribution is -1.91. The minimum atomic E-state index is -0.00253. The summed E-state index contributed by atoms with van der Waals surface area (Å²) in [6, 6.07) is 3.46. The molecule has 0 aliphatic heterocycles. The van der Waals surface area contributed by atoms with Gasteiger partial charge in [0.1, 0.15) is 0 Å². The molecule has 13 heavy (non-hydrogen) atoms. The molecule has 0 aliphatic carbocycles. The van der Waals surface area contributed by atoms with Gasteiger partial charge in [-0.2, -0.15) is 5.10 Å². The van der Waals surface area contributed by atoms with Crippen molar-refractivity contribution in [2.45, 2.75) is 6.92 Å². The van der Waals surface area contributed by atoms with Crippen LogP contribution in [0.4, 0.5) is 0 Å². The van der Waals surface area contributed by atoms with Crippen LogP contribution in [0, 0.1) is 0 Å². The predicted molar refractivity (Wildman–Crippen MR) is 50.2 cm³/mol. The van der Waals surface area contributed by atoms with Crippen LogP contribution in [0.15, 0.2) is 24.5 Å². The molecule has 0 aliphatic rings. The van der Waals surface area contributed by atoms with Crippen LogP contribution in [0.25, 0.3) is 5.52 Å². The molecule has 2 heterocycles. The number of carbonyl (C=O) groups is 1. The maximum absolute atomic E-state index is 11.1. The molecule has 0 saturated heterocycles. The van der Waals surface area contributed by atoms with Crippen molar-refractivity contribution >= 4 is 22.9 Å². The van der Waals surface area contributed by atoms with Crippen molar-refractivity contribution in [3.8, 4) is 0 Å². The lowest BCUT2D eigenvalue weighted by molar-refractivity contribution is 0.101. The largest absolute Gasteiger partial charge is 0.294 e. The molecule has 66 valence electrons. The first-order valence-electron chi connectivity index (χ1n) is 3.82. The Labute approximate surface area is 79.9 Å². The summed E-state index contributed by atoms with van der Waals surface area (Å²) >= 11 is 5.80. The molecule has 2 aromatic heterocycles. The van der Waals surface area contributed by atoms with Crippen LogP contribution in [0.2, 0.25) is 5.02 Å². The number of hydrogen-bond donors (Lipinski definition) is 0. The van der Waals surface area contributed by atoms with E-state index in [0.29, 0.717) is 10.6 Å². The molecule has 0 spiro atoms. The van der Waals surface area contributed by atoms with E-state index in [0.717, 1.165) is 5.52 Å². The third kappa shape index (κ3) is 1.31. The van der Waals surface area contributed by atoms with Gasteiger partial charge in [-0.1, -0.05) is 11.6 Å². The molecule has 3 nitrogen and oxygen atoms in total. The summed E-state index contributed by atoms with van der Waals surface area (Å²) in [5, 5.41) is 4.63. The molecule has 2 aromatic rings. The average molecular weight is 195 g/mol. The second kappa shape index (κ2) is 2.85. The molecule has 0 N–H and O–H groups in total. The number of hydrogen-bond acceptors (Lipinski definition) is 2. The number of nitrogens with zero attached hydrogens (tertiary/aromatic N) is 2. The highest BCUT2D eigenvalue weighted by Crippen LogP contribution is 2.16. The first-order valence-corrected chi connectivity index (χ1v) is 4.20. The molecule has 0 amide bonds. The minimum absolute atomic E-state index is 0.00253. The molecule has 4 heteroatoms. The fraction of sp³-hybridized carbons (Fsp3) is 0.111. The summed E-state index contributed by atoms with van der Waals surface area (Å²) < 4.78 is 1.63. The number of Topliss-reactive ketones (excluding diaryl/α,β-unsaturated/α-hetero) is 1. The number of aromatic nitrogens is 2. The average Bonchev–Trinajstić information content (AvgIpc) is 2.46. The van der Waals surface area contributed by atoms with E-state index < -0.39 is 0 Å². The highest BCUT2D eigenvalue weighted by molar-refractivity contribution is 6.31. The van der Waals surface area contributed by atoms with Gasteiger partial charge in [0, 0.05) is 11.2 Å². The van der Waals surface area contributed by atoms with Gasteiger partial charge < -0.3 is 0 Å². The fourth-order valence-electron chi connectivity index (χ4n) is 1.23. The number of halogens is 1. The molecular formula is C9H7ClN2O. The Bertz CT molecular complexity index is 475. The Morgan fingerprint density at radius 2 is 2.38 bits per heavy atom. The van der Waals surface area contributed by atoms with E-state index >= 15 is 0 Å². The highest BCUT2D eigenvalue weighted by Gasteiger charge is 2.07. The summed E-state index contributed by atoms with van der Waals surface area (Å²) in [5.74, 6) is -0.00253. The van der Waals surface area contributed by atoms with Crippen LogP contribution in [0.1, 0.15) is 17.3 Å². The predicted octanol–water partition coefficient (Wildman–Crippen LogP) is 2.19. The maximum atomic E-state index is 11.1. The first-order chi connectivity index (χ1) is 6.18. The van der Waals surface area contributed by atoms with Gasteiger partial charge in [-0.25, -0.2) is 4.52 Å². The number of carbonyl (C=O) groups excluding carboxylic acids is 1. The van der Waals surface area contributed by atoms with E-state index in [2.05, 4.69) is 5.10 Å². The second-order valence-electron chi connectivity index (χ2n) is 2.79. The van der Waals surface area contributed by atoms with E-state index in [-0.39, 0.29) is 5.78 Å². The van der Waals surface area contributed by atoms with Crippen molar-refractivity contribution in [1.82, 2.24) is 9.61 Å². The first kappa shape index (κ1) is 8.26. The van der Waals surface area contributed by atoms with Crippen LogP contribution in [-0.4, -0.2) is 15.4 Å². The molecule has 0 aromatic carbocycles. The second-order valence-corrected chi connectivity index (χ2v) is 3.23. The third-order valence-electron chi connectivity index (χ3n) is 1.86. The molecule has 0 bridgehead atoms. The topological polar surface area (TPSA) is 34.4 Å². The number of ketones is 1. The lowest BCUT2D eigenvalue weighted by atomic mass is 10.2. The van der Waals surface area contributed by atoms with Gasteiger partial charge in [-0.15, -0.1) is 0 Å². The van der Waals surface area contributed by atoms with Crippen LogP contribution >= 0.6 is 11.6 Å². The van der Waals surface area contributed by atoms with E-state index in [1.54, 1.807) is 29.0 Å². The number of pyridine rings is 1. The van der Waals surface area contributed by atoms with Gasteiger partial charge in [0.2, 0.25) is 0 Å². The zero-order chi connectivity index (χ0) is 9.42. The van der Waals surface area contributed by atoms with Crippen LogP contribution < -0.4 is 0 Å². The third-order valence-corrected chi connectivity index (χ3v) is 2.10. The van der Waals surface area contributed by atoms with E-state index in [9.17, 15) is 4.79 Å². The SMILES string of the molecule is CC(=O)c1cnn2ccc(Cl)cc12. The highest BCUT2D eigenvalue weighted by atomic mass is 35.5. The zero-order valence-corrected chi connectivity index (χ0v) is 7.75. The van der Waals surface area contributed by atoms with E-state index in [4.69, 9.17) is 11.6 Å². The quantitative estimate of drug-likeness (QED) is 0.653. The van der Waals surface area contributed by atoms with Crippen molar-refractivity contribution < 1.29 is 4.79 Å². The normalized spacial score (nSPS) is 10.6. The van der Waals surface area contributed by atoms with Gasteiger partial charge in [-0.05, 0) is 19.1 Å². The Kier molecular flexibility index (Phi) is 1.81. The molecule has 0 atom stereocenters. The summed E-state index contributed by atoms with van der Waals surface area (Å²) in [4.78, 5) is 11.1. The summed E-state index contributed by atoms with van der Waals surface area (Å²) in [5.41, 5.74) is 1.35. The van der Waals surface area contributed by atoms with E-state index in [1.165, 1.54) is 6.92 Å².